The minimum absolute atomic E-state index is 0.0337. The third-order valence-electron chi connectivity index (χ3n) is 4.85. The summed E-state index contributed by atoms with van der Waals surface area (Å²) < 4.78 is 67.2. The van der Waals surface area contributed by atoms with E-state index in [0.717, 1.165) is 0 Å². The second kappa shape index (κ2) is 8.75. The second-order valence-electron chi connectivity index (χ2n) is 7.23. The zero-order chi connectivity index (χ0) is 22.1. The Morgan fingerprint density at radius 3 is 2.40 bits per heavy atom. The maximum Gasteiger partial charge on any atom is 0.255 e. The predicted molar refractivity (Wildman–Crippen MR) is 104 cm³/mol. The highest BCUT2D eigenvalue weighted by atomic mass is 32.2. The van der Waals surface area contributed by atoms with Crippen molar-refractivity contribution >= 4 is 21.6 Å². The van der Waals surface area contributed by atoms with Crippen LogP contribution < -0.4 is 5.32 Å². The van der Waals surface area contributed by atoms with Gasteiger partial charge in [0.05, 0.1) is 11.0 Å². The molecule has 1 atom stereocenters. The van der Waals surface area contributed by atoms with Gasteiger partial charge in [0, 0.05) is 36.5 Å². The predicted octanol–water partition coefficient (Wildman–Crippen LogP) is 3.20. The van der Waals surface area contributed by atoms with E-state index < -0.39 is 39.5 Å². The lowest BCUT2D eigenvalue weighted by Gasteiger charge is -2.20. The summed E-state index contributed by atoms with van der Waals surface area (Å²) in [6.07, 6.45) is 0.792. The number of carbonyl (C=O) groups is 1. The van der Waals surface area contributed by atoms with Gasteiger partial charge in [-0.25, -0.2) is 21.6 Å². The number of aliphatic hydroxyl groups is 1. The van der Waals surface area contributed by atoms with E-state index in [4.69, 9.17) is 0 Å². The summed E-state index contributed by atoms with van der Waals surface area (Å²) in [6, 6.07) is 5.29. The van der Waals surface area contributed by atoms with Gasteiger partial charge in [0.2, 0.25) is 10.0 Å². The van der Waals surface area contributed by atoms with Gasteiger partial charge < -0.3 is 10.4 Å². The molecule has 2 aromatic carbocycles. The van der Waals surface area contributed by atoms with Gasteiger partial charge in [0.25, 0.3) is 5.91 Å². The van der Waals surface area contributed by atoms with Gasteiger partial charge in [-0.1, -0.05) is 0 Å². The molecule has 1 unspecified atom stereocenters. The van der Waals surface area contributed by atoms with Gasteiger partial charge in [-0.3, -0.25) is 4.79 Å². The zero-order valence-electron chi connectivity index (χ0n) is 16.2. The molecular weight excluding hydrogens is 421 g/mol. The fraction of sp³-hybridized carbons (Fsp3) is 0.350. The van der Waals surface area contributed by atoms with E-state index in [0.29, 0.717) is 37.0 Å². The summed E-state index contributed by atoms with van der Waals surface area (Å²) in [5.41, 5.74) is 0.157. The molecule has 1 aliphatic heterocycles. The minimum Gasteiger partial charge on any atom is -0.393 e. The SMILES string of the molecule is Cc1cc(C(=O)Nc2cc(F)c(F)c(F)c2)cc(S(=O)(=O)N2CCCC(O)CC2)c1. The normalized spacial score (nSPS) is 18.1. The minimum atomic E-state index is -3.91. The molecule has 6 nitrogen and oxygen atoms in total. The van der Waals surface area contributed by atoms with Crippen LogP contribution in [-0.2, 0) is 10.0 Å². The van der Waals surface area contributed by atoms with Gasteiger partial charge in [0.15, 0.2) is 17.5 Å². The number of nitrogens with zero attached hydrogens (tertiary/aromatic N) is 1. The van der Waals surface area contributed by atoms with Gasteiger partial charge in [-0.2, -0.15) is 4.31 Å². The van der Waals surface area contributed by atoms with Gasteiger partial charge in [0.1, 0.15) is 0 Å². The number of aliphatic hydroxyl groups excluding tert-OH is 1. The van der Waals surface area contributed by atoms with Gasteiger partial charge >= 0.3 is 0 Å². The fourth-order valence-corrected chi connectivity index (χ4v) is 4.92. The number of halogens is 3. The van der Waals surface area contributed by atoms with Gasteiger partial charge in [-0.05, 0) is 49.9 Å². The van der Waals surface area contributed by atoms with Crippen LogP contribution in [0.15, 0.2) is 35.2 Å². The van der Waals surface area contributed by atoms with Crippen molar-refractivity contribution in [3.63, 3.8) is 0 Å². The second-order valence-corrected chi connectivity index (χ2v) is 9.17. The number of aryl methyl sites for hydroxylation is 1. The van der Waals surface area contributed by atoms with E-state index in [2.05, 4.69) is 5.32 Å². The standard InChI is InChI=1S/C20H21F3N2O4S/c1-12-7-13(20(27)24-14-10-17(21)19(23)18(22)11-14)9-16(8-12)30(28,29)25-5-2-3-15(26)4-6-25/h7-11,15,26H,2-6H2,1H3,(H,24,27). The Hall–Kier alpha value is -2.43. The Labute approximate surface area is 172 Å². The summed E-state index contributed by atoms with van der Waals surface area (Å²) in [6.45, 7) is 2.02. The van der Waals surface area contributed by atoms with Crippen molar-refractivity contribution in [2.45, 2.75) is 37.2 Å². The molecule has 30 heavy (non-hydrogen) atoms. The van der Waals surface area contributed by atoms with Crippen molar-refractivity contribution in [1.29, 1.82) is 0 Å². The van der Waals surface area contributed by atoms with Crippen molar-refractivity contribution in [2.24, 2.45) is 0 Å². The number of sulfonamides is 1. The van der Waals surface area contributed by atoms with Crippen LogP contribution in [0.2, 0.25) is 0 Å². The summed E-state index contributed by atoms with van der Waals surface area (Å²) in [5.74, 6) is -5.37. The largest absolute Gasteiger partial charge is 0.393 e. The molecular formula is C20H21F3N2O4S. The number of benzene rings is 2. The quantitative estimate of drug-likeness (QED) is 0.712. The van der Waals surface area contributed by atoms with E-state index >= 15 is 0 Å². The lowest BCUT2D eigenvalue weighted by molar-refractivity contribution is 0.102. The summed E-state index contributed by atoms with van der Waals surface area (Å²) in [7, 11) is -3.91. The molecule has 2 aromatic rings. The molecule has 1 fully saturated rings. The number of nitrogens with one attached hydrogen (secondary N) is 1. The highest BCUT2D eigenvalue weighted by Gasteiger charge is 2.28. The topological polar surface area (TPSA) is 86.7 Å². The van der Waals surface area contributed by atoms with Crippen LogP contribution in [-0.4, -0.2) is 42.9 Å². The van der Waals surface area contributed by atoms with E-state index in [1.165, 1.54) is 22.5 Å². The number of hydrogen-bond donors (Lipinski definition) is 2. The Morgan fingerprint density at radius 2 is 1.73 bits per heavy atom. The molecule has 2 N–H and O–H groups in total. The highest BCUT2D eigenvalue weighted by Crippen LogP contribution is 2.24. The highest BCUT2D eigenvalue weighted by molar-refractivity contribution is 7.89. The Balaban J connectivity index is 1.88. The van der Waals surface area contributed by atoms with Crippen molar-refractivity contribution in [3.8, 4) is 0 Å². The Kier molecular flexibility index (Phi) is 6.49. The van der Waals surface area contributed by atoms with E-state index in [1.807, 2.05) is 0 Å². The summed E-state index contributed by atoms with van der Waals surface area (Å²) in [4.78, 5) is 12.4. The maximum absolute atomic E-state index is 13.4. The smallest absolute Gasteiger partial charge is 0.255 e. The molecule has 0 radical (unpaired) electrons. The Bertz CT molecular complexity index is 1050. The van der Waals surface area contributed by atoms with Crippen LogP contribution in [0, 0.1) is 24.4 Å². The van der Waals surface area contributed by atoms with Crippen molar-refractivity contribution < 1.29 is 31.5 Å². The molecule has 3 rings (SSSR count). The molecule has 0 saturated carbocycles. The van der Waals surface area contributed by atoms with Crippen molar-refractivity contribution in [2.75, 3.05) is 18.4 Å². The lowest BCUT2D eigenvalue weighted by Crippen LogP contribution is -2.32. The first-order valence-electron chi connectivity index (χ1n) is 9.34. The van der Waals surface area contributed by atoms with Gasteiger partial charge in [-0.15, -0.1) is 0 Å². The third-order valence-corrected chi connectivity index (χ3v) is 6.73. The molecule has 1 aliphatic rings. The number of rotatable bonds is 4. The molecule has 10 heteroatoms. The molecule has 0 aliphatic carbocycles. The van der Waals surface area contributed by atoms with Crippen molar-refractivity contribution in [1.82, 2.24) is 4.31 Å². The number of carbonyl (C=O) groups excluding carboxylic acids is 1. The van der Waals surface area contributed by atoms with Crippen LogP contribution in [0.4, 0.5) is 18.9 Å². The first kappa shape index (κ1) is 22.3. The van der Waals surface area contributed by atoms with Crippen LogP contribution in [0.25, 0.3) is 0 Å². The fourth-order valence-electron chi connectivity index (χ4n) is 3.30. The molecule has 0 spiro atoms. The number of anilines is 1. The monoisotopic (exact) mass is 442 g/mol. The first-order valence-corrected chi connectivity index (χ1v) is 10.8. The van der Waals surface area contributed by atoms with Crippen molar-refractivity contribution in [3.05, 3.63) is 58.9 Å². The molecule has 1 heterocycles. The van der Waals surface area contributed by atoms with E-state index in [9.17, 15) is 31.5 Å². The summed E-state index contributed by atoms with van der Waals surface area (Å²) in [5, 5.41) is 12.0. The van der Waals surface area contributed by atoms with Crippen LogP contribution in [0.3, 0.4) is 0 Å². The maximum atomic E-state index is 13.4. The average Bonchev–Trinajstić information content (AvgIpc) is 2.90. The molecule has 0 aromatic heterocycles. The molecule has 0 bridgehead atoms. The number of hydrogen-bond acceptors (Lipinski definition) is 4. The number of amides is 1. The van der Waals surface area contributed by atoms with Crippen LogP contribution >= 0.6 is 0 Å². The van der Waals surface area contributed by atoms with E-state index in [-0.39, 0.29) is 29.2 Å². The summed E-state index contributed by atoms with van der Waals surface area (Å²) >= 11 is 0. The Morgan fingerprint density at radius 1 is 1.07 bits per heavy atom. The molecule has 1 amide bonds. The molecule has 1 saturated heterocycles. The third kappa shape index (κ3) is 4.82. The first-order chi connectivity index (χ1) is 14.1. The lowest BCUT2D eigenvalue weighted by atomic mass is 10.1. The van der Waals surface area contributed by atoms with Crippen LogP contribution in [0.5, 0.6) is 0 Å². The van der Waals surface area contributed by atoms with Crippen LogP contribution in [0.1, 0.15) is 35.2 Å². The zero-order valence-corrected chi connectivity index (χ0v) is 17.0. The molecule has 162 valence electrons. The van der Waals surface area contributed by atoms with E-state index in [1.54, 1.807) is 6.92 Å². The average molecular weight is 442 g/mol.